The zero-order valence-electron chi connectivity index (χ0n) is 2.80. The molecule has 0 aliphatic rings. The van der Waals surface area contributed by atoms with Gasteiger partial charge in [-0.25, -0.2) is 0 Å². The Kier molecular flexibility index (Phi) is 3.04. The minimum atomic E-state index is -0.281. The lowest BCUT2D eigenvalue weighted by molar-refractivity contribution is 2.14. The van der Waals surface area contributed by atoms with Crippen molar-refractivity contribution >= 4 is 35.3 Å². The first-order valence-electron chi connectivity index (χ1n) is 1.15. The summed E-state index contributed by atoms with van der Waals surface area (Å²) in [5.41, 5.74) is 0. The van der Waals surface area contributed by atoms with E-state index in [0.29, 0.717) is 0 Å². The fraction of sp³-hybridized carbons (Fsp3) is 0.500. The van der Waals surface area contributed by atoms with Crippen LogP contribution in [0.25, 0.3) is 0 Å². The van der Waals surface area contributed by atoms with Crippen LogP contribution >= 0.6 is 0 Å². The minimum Gasteiger partial charge on any atom is -0.0714 e. The molecule has 0 fully saturated rings. The van der Waals surface area contributed by atoms with Gasteiger partial charge in [-0.05, 0) is 34.7 Å². The fourth-order valence-electron chi connectivity index (χ4n) is 0. The van der Waals surface area contributed by atoms with Crippen molar-refractivity contribution in [1.29, 1.82) is 0 Å². The summed E-state index contributed by atoms with van der Waals surface area (Å²) in [7, 11) is -0.281. The normalized spacial score (nSPS) is 6.60. The molecular weight excluding hydrogens is 120 g/mol. The maximum Gasteiger partial charge on any atom is -0.0120 e. The van der Waals surface area contributed by atoms with Gasteiger partial charge >= 0.3 is 0 Å². The first-order valence-corrected chi connectivity index (χ1v) is 4.28. The molecule has 0 unspecified atom stereocenters. The molecular formula is C2H4S3. The Morgan fingerprint density at radius 1 is 1.60 bits per heavy atom. The molecule has 3 heteroatoms. The molecule has 0 aliphatic carbocycles. The molecule has 0 aromatic carbocycles. The smallest absolute Gasteiger partial charge is 0.0120 e. The molecule has 30 valence electrons. The van der Waals surface area contributed by atoms with Gasteiger partial charge in [-0.1, -0.05) is 7.60 Å². The zero-order valence-corrected chi connectivity index (χ0v) is 5.25. The fourth-order valence-corrected chi connectivity index (χ4v) is 0. The second-order valence-corrected chi connectivity index (χ2v) is 4.28. The maximum atomic E-state index is 4.57. The summed E-state index contributed by atoms with van der Waals surface area (Å²) in [5.74, 6) is 0. The summed E-state index contributed by atoms with van der Waals surface area (Å²) in [6.07, 6.45) is 0. The maximum absolute atomic E-state index is 4.57. The second-order valence-electron chi connectivity index (χ2n) is 0.496. The van der Waals surface area contributed by atoms with Crippen molar-refractivity contribution in [2.45, 2.75) is 6.92 Å². The molecule has 0 N–H and O–H groups in total. The van der Waals surface area contributed by atoms with Crippen LogP contribution in [0.3, 0.4) is 0 Å². The van der Waals surface area contributed by atoms with Crippen molar-refractivity contribution in [3.05, 3.63) is 0 Å². The monoisotopic (exact) mass is 124 g/mol. The van der Waals surface area contributed by atoms with E-state index >= 15 is 0 Å². The molecule has 0 heterocycles. The van der Waals surface area contributed by atoms with Crippen LogP contribution in [0.1, 0.15) is 6.92 Å². The number of hydrogen-bond donors (Lipinski definition) is 0. The van der Waals surface area contributed by atoms with Crippen molar-refractivity contribution < 1.29 is 0 Å². The van der Waals surface area contributed by atoms with E-state index < -0.39 is 0 Å². The molecule has 0 bridgehead atoms. The predicted molar refractivity (Wildman–Crippen MR) is 33.8 cm³/mol. The van der Waals surface area contributed by atoms with Crippen LogP contribution in [0.2, 0.25) is 0 Å². The van der Waals surface area contributed by atoms with Gasteiger partial charge < -0.3 is 0 Å². The third-order valence-corrected chi connectivity index (χ3v) is 1.73. The van der Waals surface area contributed by atoms with Crippen molar-refractivity contribution in [3.8, 4) is 0 Å². The van der Waals surface area contributed by atoms with Gasteiger partial charge in [0.1, 0.15) is 0 Å². The van der Waals surface area contributed by atoms with Gasteiger partial charge in [0, 0.05) is 0 Å². The van der Waals surface area contributed by atoms with Crippen LogP contribution in [0.5, 0.6) is 0 Å². The van der Waals surface area contributed by atoms with E-state index in [4.69, 9.17) is 0 Å². The largest absolute Gasteiger partial charge is 0.0714 e. The highest BCUT2D eigenvalue weighted by atomic mass is 33.1. The van der Waals surface area contributed by atoms with E-state index in [1.165, 1.54) is 0 Å². The average Bonchev–Trinajstić information content (AvgIpc) is 1.38. The summed E-state index contributed by atoms with van der Waals surface area (Å²) in [6, 6.07) is 0. The molecule has 0 saturated heterocycles. The van der Waals surface area contributed by atoms with Gasteiger partial charge in [-0.15, -0.1) is 0 Å². The Morgan fingerprint density at radius 2 is 1.80 bits per heavy atom. The molecule has 0 spiro atoms. The minimum absolute atomic E-state index is 0.281. The summed E-state index contributed by atoms with van der Waals surface area (Å²) in [5, 5.41) is 1.82. The van der Waals surface area contributed by atoms with E-state index in [9.17, 15) is 0 Å². The summed E-state index contributed by atoms with van der Waals surface area (Å²) < 4.78 is 0. The lowest BCUT2D eigenvalue weighted by Gasteiger charge is -1.45. The number of hydrogen-bond acceptors (Lipinski definition) is 2. The van der Waals surface area contributed by atoms with E-state index in [-0.39, 0.29) is 7.60 Å². The van der Waals surface area contributed by atoms with Gasteiger partial charge in [0.25, 0.3) is 0 Å². The topological polar surface area (TPSA) is 0 Å². The molecule has 0 aromatic heterocycles. The molecule has 0 aliphatic heterocycles. The van der Waals surface area contributed by atoms with Crippen molar-refractivity contribution in [2.24, 2.45) is 0 Å². The summed E-state index contributed by atoms with van der Waals surface area (Å²) >= 11 is 9.13. The van der Waals surface area contributed by atoms with E-state index in [1.54, 1.807) is 0 Å². The van der Waals surface area contributed by atoms with Gasteiger partial charge in [-0.2, -0.15) is 0 Å². The molecule has 0 aromatic rings. The first kappa shape index (κ1) is 5.53. The highest BCUT2D eigenvalue weighted by Crippen LogP contribution is 1.36. The lowest BCUT2D eigenvalue weighted by atomic mass is 11.0. The van der Waals surface area contributed by atoms with Crippen molar-refractivity contribution in [2.75, 3.05) is 0 Å². The number of rotatable bonds is 0. The summed E-state index contributed by atoms with van der Waals surface area (Å²) in [6.45, 7) is 1.88. The molecule has 0 nitrogen and oxygen atoms in total. The van der Waals surface area contributed by atoms with E-state index in [0.717, 1.165) is 0 Å². The van der Waals surface area contributed by atoms with Gasteiger partial charge in [0.15, 0.2) is 0 Å². The van der Waals surface area contributed by atoms with Crippen molar-refractivity contribution in [3.63, 3.8) is 0 Å². The third kappa shape index (κ3) is 4.53. The quantitative estimate of drug-likeness (QED) is 0.427. The Bertz CT molecular complexity index is 108. The Hall–Kier alpha value is 0.530. The molecule has 0 saturated carbocycles. The van der Waals surface area contributed by atoms with E-state index in [2.05, 4.69) is 22.4 Å². The molecule has 5 heavy (non-hydrogen) atoms. The highest BCUT2D eigenvalue weighted by Gasteiger charge is 1.38. The average molecular weight is 124 g/mol. The van der Waals surface area contributed by atoms with Crippen LogP contribution < -0.4 is 0 Å². The van der Waals surface area contributed by atoms with E-state index in [1.807, 2.05) is 12.3 Å². The third-order valence-electron chi connectivity index (χ3n) is 0.192. The Morgan fingerprint density at radius 3 is 1.80 bits per heavy atom. The van der Waals surface area contributed by atoms with Gasteiger partial charge in [-0.3, -0.25) is 0 Å². The Balaban J connectivity index is 4.25. The molecule has 0 radical (unpaired) electrons. The van der Waals surface area contributed by atoms with Crippen LogP contribution in [-0.4, -0.2) is 5.37 Å². The standard InChI is InChI=1S/C2H4S3/c1-2-5(3)4/h2H,1H3. The predicted octanol–water partition coefficient (Wildman–Crippen LogP) is 0.351. The molecule has 0 atom stereocenters. The van der Waals surface area contributed by atoms with Gasteiger partial charge in [0.2, 0.25) is 0 Å². The second kappa shape index (κ2) is 2.75. The van der Waals surface area contributed by atoms with Crippen LogP contribution in [0, 0.1) is 0 Å². The molecule has 0 amide bonds. The Labute approximate surface area is 42.6 Å². The summed E-state index contributed by atoms with van der Waals surface area (Å²) in [4.78, 5) is 0. The zero-order chi connectivity index (χ0) is 4.28. The molecule has 0 rings (SSSR count). The van der Waals surface area contributed by atoms with Crippen LogP contribution in [-0.2, 0) is 30.0 Å². The van der Waals surface area contributed by atoms with Crippen molar-refractivity contribution in [1.82, 2.24) is 0 Å². The van der Waals surface area contributed by atoms with Gasteiger partial charge in [0.05, 0.1) is 0 Å². The van der Waals surface area contributed by atoms with Crippen LogP contribution in [0.4, 0.5) is 0 Å². The van der Waals surface area contributed by atoms with Crippen LogP contribution in [0.15, 0.2) is 0 Å². The SMILES string of the molecule is CC=S(=S)=S. The lowest BCUT2D eigenvalue weighted by Crippen LogP contribution is -1.49. The highest BCUT2D eigenvalue weighted by molar-refractivity contribution is 8.45. The first-order chi connectivity index (χ1) is 2.27.